The molecule has 0 aliphatic heterocycles. The number of halogens is 3. The van der Waals surface area contributed by atoms with Gasteiger partial charge in [0.15, 0.2) is 5.58 Å². The zero-order valence-corrected chi connectivity index (χ0v) is 18.3. The summed E-state index contributed by atoms with van der Waals surface area (Å²) in [6.45, 7) is 2.37. The molecule has 6 nitrogen and oxygen atoms in total. The molecular weight excluding hydrogens is 435 g/mol. The number of fused-ring (bicyclic) bond motifs is 1. The maximum Gasteiger partial charge on any atom is 0.417 e. The molecule has 2 aromatic carbocycles. The molecule has 174 valence electrons. The van der Waals surface area contributed by atoms with Gasteiger partial charge in [-0.05, 0) is 56.5 Å². The molecule has 33 heavy (non-hydrogen) atoms. The minimum atomic E-state index is -4.71. The Morgan fingerprint density at radius 3 is 2.64 bits per heavy atom. The number of nitrogens with zero attached hydrogens (tertiary/aromatic N) is 2. The number of nitrogens with one attached hydrogen (secondary N) is 1. The van der Waals surface area contributed by atoms with E-state index in [1.54, 1.807) is 31.3 Å². The van der Waals surface area contributed by atoms with Crippen LogP contribution in [0.3, 0.4) is 0 Å². The Kier molecular flexibility index (Phi) is 6.14. The summed E-state index contributed by atoms with van der Waals surface area (Å²) >= 11 is 0. The van der Waals surface area contributed by atoms with Crippen LogP contribution < -0.4 is 5.32 Å². The van der Waals surface area contributed by atoms with Gasteiger partial charge in [0.2, 0.25) is 11.8 Å². The van der Waals surface area contributed by atoms with Crippen molar-refractivity contribution in [3.8, 4) is 11.5 Å². The molecule has 0 spiro atoms. The Hall–Kier alpha value is -3.36. The second-order valence-electron chi connectivity index (χ2n) is 8.22. The number of para-hydroxylation sites is 2. The van der Waals surface area contributed by atoms with Gasteiger partial charge in [0.1, 0.15) is 5.52 Å². The first-order valence-corrected chi connectivity index (χ1v) is 10.8. The van der Waals surface area contributed by atoms with E-state index < -0.39 is 17.6 Å². The number of rotatable bonds is 5. The van der Waals surface area contributed by atoms with Crippen molar-refractivity contribution >= 4 is 22.9 Å². The summed E-state index contributed by atoms with van der Waals surface area (Å²) in [6.07, 6.45) is -2.96. The van der Waals surface area contributed by atoms with E-state index in [9.17, 15) is 22.8 Å². The Bertz CT molecular complexity index is 1160. The highest BCUT2D eigenvalue weighted by Crippen LogP contribution is 2.39. The van der Waals surface area contributed by atoms with E-state index in [2.05, 4.69) is 10.3 Å². The number of aromatic nitrogens is 1. The smallest absolute Gasteiger partial charge is 0.417 e. The maximum absolute atomic E-state index is 13.9. The van der Waals surface area contributed by atoms with Crippen LogP contribution in [0, 0.1) is 5.92 Å². The number of carbonyl (C=O) groups excluding carboxylic acids is 2. The van der Waals surface area contributed by atoms with E-state index in [0.717, 1.165) is 6.07 Å². The lowest BCUT2D eigenvalue weighted by Crippen LogP contribution is -2.36. The van der Waals surface area contributed by atoms with Crippen LogP contribution in [0.25, 0.3) is 22.6 Å². The van der Waals surface area contributed by atoms with Gasteiger partial charge in [-0.1, -0.05) is 12.1 Å². The molecule has 4 rings (SSSR count). The van der Waals surface area contributed by atoms with Crippen LogP contribution in [-0.2, 0) is 11.0 Å². The summed E-state index contributed by atoms with van der Waals surface area (Å²) in [6, 6.07) is 9.92. The quantitative estimate of drug-likeness (QED) is 0.590. The van der Waals surface area contributed by atoms with Crippen molar-refractivity contribution < 1.29 is 27.2 Å². The lowest BCUT2D eigenvalue weighted by Gasteiger charge is -2.25. The van der Waals surface area contributed by atoms with Crippen molar-refractivity contribution in [2.45, 2.75) is 38.4 Å². The summed E-state index contributed by atoms with van der Waals surface area (Å²) < 4.78 is 47.3. The molecule has 2 atom stereocenters. The van der Waals surface area contributed by atoms with Gasteiger partial charge in [0.25, 0.3) is 5.91 Å². The van der Waals surface area contributed by atoms with Crippen molar-refractivity contribution in [3.05, 3.63) is 53.6 Å². The molecule has 1 aromatic heterocycles. The third-order valence-corrected chi connectivity index (χ3v) is 6.09. The second kappa shape index (κ2) is 8.88. The van der Waals surface area contributed by atoms with Crippen molar-refractivity contribution in [1.82, 2.24) is 15.2 Å². The van der Waals surface area contributed by atoms with Crippen molar-refractivity contribution in [3.63, 3.8) is 0 Å². The Labute approximate surface area is 188 Å². The molecule has 1 aliphatic carbocycles. The van der Waals surface area contributed by atoms with Crippen molar-refractivity contribution in [1.29, 1.82) is 0 Å². The number of oxazole rings is 1. The first-order valence-electron chi connectivity index (χ1n) is 10.8. The minimum absolute atomic E-state index is 0.0529. The molecule has 0 unspecified atom stereocenters. The Morgan fingerprint density at radius 1 is 1.18 bits per heavy atom. The van der Waals surface area contributed by atoms with Gasteiger partial charge in [-0.25, -0.2) is 4.98 Å². The Balaban J connectivity index is 1.61. The molecule has 1 N–H and O–H groups in total. The van der Waals surface area contributed by atoms with Crippen LogP contribution in [0.2, 0.25) is 0 Å². The SMILES string of the molecule is CCNC(=O)[C@H]1CC[C@@H](N(C)C(=O)c2ccc(-c3nc4ccccc4o3)c(C(F)(F)F)c2)C1. The fourth-order valence-electron chi connectivity index (χ4n) is 4.32. The number of amides is 2. The highest BCUT2D eigenvalue weighted by atomic mass is 19.4. The fraction of sp³-hybridized carbons (Fsp3) is 0.375. The molecule has 1 aliphatic rings. The molecule has 1 heterocycles. The molecule has 0 radical (unpaired) electrons. The van der Waals surface area contributed by atoms with Crippen molar-refractivity contribution in [2.24, 2.45) is 5.92 Å². The molecule has 1 saturated carbocycles. The zero-order valence-electron chi connectivity index (χ0n) is 18.3. The Morgan fingerprint density at radius 2 is 1.94 bits per heavy atom. The number of alkyl halides is 3. The summed E-state index contributed by atoms with van der Waals surface area (Å²) in [4.78, 5) is 30.7. The first-order chi connectivity index (χ1) is 15.7. The average molecular weight is 459 g/mol. The van der Waals surface area contributed by atoms with Gasteiger partial charge in [0, 0.05) is 36.7 Å². The number of benzene rings is 2. The summed E-state index contributed by atoms with van der Waals surface area (Å²) in [7, 11) is 1.56. The number of carbonyl (C=O) groups is 2. The molecule has 9 heteroatoms. The van der Waals surface area contributed by atoms with E-state index in [4.69, 9.17) is 4.42 Å². The summed E-state index contributed by atoms with van der Waals surface area (Å²) in [5.74, 6) is -0.928. The minimum Gasteiger partial charge on any atom is -0.436 e. The fourth-order valence-corrected chi connectivity index (χ4v) is 4.32. The van der Waals surface area contributed by atoms with Gasteiger partial charge >= 0.3 is 6.18 Å². The van der Waals surface area contributed by atoms with Crippen LogP contribution >= 0.6 is 0 Å². The van der Waals surface area contributed by atoms with E-state index in [1.807, 2.05) is 6.92 Å². The van der Waals surface area contributed by atoms with Crippen LogP contribution in [0.4, 0.5) is 13.2 Å². The van der Waals surface area contributed by atoms with Gasteiger partial charge in [-0.2, -0.15) is 13.2 Å². The standard InChI is InChI=1S/C24H24F3N3O3/c1-3-28-21(31)14-8-10-16(12-14)30(2)23(32)15-9-11-17(18(13-15)24(25,26)27)22-29-19-6-4-5-7-20(19)33-22/h4-7,9,11,13-14,16H,3,8,10,12H2,1-2H3,(H,28,31)/t14-,16+/m0/s1. The van der Waals surface area contributed by atoms with Crippen molar-refractivity contribution in [2.75, 3.05) is 13.6 Å². The molecule has 2 amide bonds. The molecule has 3 aromatic rings. The van der Waals surface area contributed by atoms with E-state index in [1.165, 1.54) is 17.0 Å². The average Bonchev–Trinajstić information content (AvgIpc) is 3.45. The predicted octanol–water partition coefficient (Wildman–Crippen LogP) is 4.89. The molecule has 0 bridgehead atoms. The van der Waals surface area contributed by atoms with Crippen LogP contribution in [-0.4, -0.2) is 41.3 Å². The molecule has 1 fully saturated rings. The van der Waals surface area contributed by atoms with E-state index >= 15 is 0 Å². The van der Waals surface area contributed by atoms with Crippen LogP contribution in [0.1, 0.15) is 42.1 Å². The van der Waals surface area contributed by atoms with E-state index in [-0.39, 0.29) is 34.9 Å². The van der Waals surface area contributed by atoms with E-state index in [0.29, 0.717) is 36.9 Å². The molecular formula is C24H24F3N3O3. The van der Waals surface area contributed by atoms with Gasteiger partial charge in [-0.3, -0.25) is 9.59 Å². The highest BCUT2D eigenvalue weighted by molar-refractivity contribution is 5.95. The monoisotopic (exact) mass is 459 g/mol. The normalized spacial score (nSPS) is 18.5. The topological polar surface area (TPSA) is 75.4 Å². The van der Waals surface area contributed by atoms with Gasteiger partial charge in [0.05, 0.1) is 5.56 Å². The zero-order chi connectivity index (χ0) is 23.8. The lowest BCUT2D eigenvalue weighted by molar-refractivity contribution is -0.137. The van der Waals surface area contributed by atoms with Crippen LogP contribution in [0.5, 0.6) is 0 Å². The second-order valence-corrected chi connectivity index (χ2v) is 8.22. The summed E-state index contributed by atoms with van der Waals surface area (Å²) in [5, 5.41) is 2.78. The third kappa shape index (κ3) is 4.58. The lowest BCUT2D eigenvalue weighted by atomic mass is 10.0. The van der Waals surface area contributed by atoms with Crippen LogP contribution in [0.15, 0.2) is 46.9 Å². The number of hydrogen-bond donors (Lipinski definition) is 1. The maximum atomic E-state index is 13.9. The largest absolute Gasteiger partial charge is 0.436 e. The number of hydrogen-bond acceptors (Lipinski definition) is 4. The van der Waals surface area contributed by atoms with Gasteiger partial charge in [-0.15, -0.1) is 0 Å². The highest BCUT2D eigenvalue weighted by Gasteiger charge is 2.37. The first kappa shape index (κ1) is 22.8. The summed E-state index contributed by atoms with van der Waals surface area (Å²) in [5.41, 5.74) is -0.465. The molecule has 0 saturated heterocycles. The predicted molar refractivity (Wildman–Crippen MR) is 116 cm³/mol. The van der Waals surface area contributed by atoms with Gasteiger partial charge < -0.3 is 14.6 Å². The third-order valence-electron chi connectivity index (χ3n) is 6.09.